The van der Waals surface area contributed by atoms with Gasteiger partial charge in [0, 0.05) is 28.8 Å². The molecule has 0 radical (unpaired) electrons. The summed E-state index contributed by atoms with van der Waals surface area (Å²) in [6.45, 7) is 0.918. The third-order valence-corrected chi connectivity index (χ3v) is 3.00. The predicted octanol–water partition coefficient (Wildman–Crippen LogP) is 2.59. The van der Waals surface area contributed by atoms with E-state index in [0.29, 0.717) is 35.2 Å². The summed E-state index contributed by atoms with van der Waals surface area (Å²) in [5.74, 6) is 0. The van der Waals surface area contributed by atoms with Crippen molar-refractivity contribution in [1.82, 2.24) is 4.90 Å². The van der Waals surface area contributed by atoms with Gasteiger partial charge in [-0.15, -0.1) is 0 Å². The molecule has 0 saturated carbocycles. The van der Waals surface area contributed by atoms with Gasteiger partial charge in [0.1, 0.15) is 0 Å². The molecule has 92 valence electrons. The van der Waals surface area contributed by atoms with Gasteiger partial charge in [-0.1, -0.05) is 23.2 Å². The fourth-order valence-corrected chi connectivity index (χ4v) is 2.28. The molecule has 1 saturated heterocycles. The first kappa shape index (κ1) is 12.5. The Kier molecular flexibility index (Phi) is 3.76. The van der Waals surface area contributed by atoms with Crippen molar-refractivity contribution >= 4 is 34.9 Å². The van der Waals surface area contributed by atoms with Crippen LogP contribution >= 0.6 is 23.2 Å². The van der Waals surface area contributed by atoms with Gasteiger partial charge in [-0.05, 0) is 24.6 Å². The molecule has 2 rings (SSSR count). The third-order valence-electron chi connectivity index (χ3n) is 2.56. The van der Waals surface area contributed by atoms with Crippen LogP contribution in [0.1, 0.15) is 6.42 Å². The van der Waals surface area contributed by atoms with Gasteiger partial charge in [0.25, 0.3) is 0 Å². The molecule has 1 aliphatic heterocycles. The maximum Gasteiger partial charge on any atom is 0.321 e. The second-order valence-electron chi connectivity index (χ2n) is 3.98. The zero-order valence-electron chi connectivity index (χ0n) is 8.99. The molecule has 1 heterocycles. The molecule has 1 fully saturated rings. The van der Waals surface area contributed by atoms with E-state index in [1.807, 2.05) is 0 Å². The number of amides is 2. The third kappa shape index (κ3) is 3.25. The number of halogens is 2. The zero-order valence-corrected chi connectivity index (χ0v) is 10.5. The number of carbonyl (C=O) groups is 1. The summed E-state index contributed by atoms with van der Waals surface area (Å²) in [5, 5.41) is 13.0. The Morgan fingerprint density at radius 1 is 1.35 bits per heavy atom. The Balaban J connectivity index is 2.03. The maximum atomic E-state index is 11.8. The lowest BCUT2D eigenvalue weighted by molar-refractivity contribution is 0.176. The average Bonchev–Trinajstić information content (AvgIpc) is 2.63. The molecule has 1 unspecified atom stereocenters. The molecule has 0 aliphatic carbocycles. The lowest BCUT2D eigenvalue weighted by Crippen LogP contribution is -2.33. The lowest BCUT2D eigenvalue weighted by Gasteiger charge is -2.16. The molecule has 17 heavy (non-hydrogen) atoms. The van der Waals surface area contributed by atoms with Gasteiger partial charge in [-0.25, -0.2) is 4.79 Å². The van der Waals surface area contributed by atoms with Crippen molar-refractivity contribution in [3.63, 3.8) is 0 Å². The molecule has 6 heteroatoms. The van der Waals surface area contributed by atoms with Gasteiger partial charge in [0.15, 0.2) is 0 Å². The van der Waals surface area contributed by atoms with E-state index >= 15 is 0 Å². The summed E-state index contributed by atoms with van der Waals surface area (Å²) in [5.41, 5.74) is 0.550. The number of benzene rings is 1. The number of likely N-dealkylation sites (tertiary alicyclic amines) is 1. The van der Waals surface area contributed by atoms with Crippen LogP contribution in [-0.4, -0.2) is 35.2 Å². The SMILES string of the molecule is O=C(Nc1cc(Cl)cc(Cl)c1)N1CCC(O)C1. The Bertz CT molecular complexity index is 419. The number of anilines is 1. The highest BCUT2D eigenvalue weighted by Crippen LogP contribution is 2.23. The summed E-state index contributed by atoms with van der Waals surface area (Å²) in [6, 6.07) is 4.59. The normalized spacial score (nSPS) is 19.5. The Labute approximate surface area is 109 Å². The van der Waals surface area contributed by atoms with Gasteiger partial charge in [-0.3, -0.25) is 0 Å². The minimum absolute atomic E-state index is 0.250. The average molecular weight is 275 g/mol. The molecule has 1 atom stereocenters. The fourth-order valence-electron chi connectivity index (χ4n) is 1.75. The standard InChI is InChI=1S/C11H12Cl2N2O2/c12-7-3-8(13)5-9(4-7)14-11(17)15-2-1-10(16)6-15/h3-5,10,16H,1-2,6H2,(H,14,17). The lowest BCUT2D eigenvalue weighted by atomic mass is 10.3. The molecule has 0 aromatic heterocycles. The minimum atomic E-state index is -0.427. The molecule has 4 nitrogen and oxygen atoms in total. The molecule has 0 spiro atoms. The van der Waals surface area contributed by atoms with Crippen molar-refractivity contribution in [2.45, 2.75) is 12.5 Å². The van der Waals surface area contributed by atoms with Crippen molar-refractivity contribution < 1.29 is 9.90 Å². The number of aliphatic hydroxyl groups excluding tert-OH is 1. The van der Waals surface area contributed by atoms with Crippen LogP contribution in [0.25, 0.3) is 0 Å². The number of hydrogen-bond acceptors (Lipinski definition) is 2. The molecule has 2 amide bonds. The van der Waals surface area contributed by atoms with Crippen LogP contribution in [-0.2, 0) is 0 Å². The van der Waals surface area contributed by atoms with E-state index in [2.05, 4.69) is 5.32 Å². The smallest absolute Gasteiger partial charge is 0.321 e. The first-order chi connectivity index (χ1) is 8.04. The molecule has 1 aromatic rings. The van der Waals surface area contributed by atoms with Crippen LogP contribution in [0.5, 0.6) is 0 Å². The van der Waals surface area contributed by atoms with Crippen LogP contribution in [0.2, 0.25) is 10.0 Å². The predicted molar refractivity (Wildman–Crippen MR) is 67.7 cm³/mol. The van der Waals surface area contributed by atoms with E-state index in [4.69, 9.17) is 23.2 Å². The van der Waals surface area contributed by atoms with Crippen molar-refractivity contribution in [3.05, 3.63) is 28.2 Å². The molecule has 2 N–H and O–H groups in total. The van der Waals surface area contributed by atoms with Crippen LogP contribution in [0.4, 0.5) is 10.5 Å². The van der Waals surface area contributed by atoms with Crippen LogP contribution in [0.3, 0.4) is 0 Å². The van der Waals surface area contributed by atoms with Gasteiger partial charge in [0.05, 0.1) is 6.10 Å². The summed E-state index contributed by atoms with van der Waals surface area (Å²) >= 11 is 11.7. The van der Waals surface area contributed by atoms with Crippen LogP contribution in [0.15, 0.2) is 18.2 Å². The van der Waals surface area contributed by atoms with Gasteiger partial charge >= 0.3 is 6.03 Å². The van der Waals surface area contributed by atoms with Crippen molar-refractivity contribution in [3.8, 4) is 0 Å². The van der Waals surface area contributed by atoms with Crippen molar-refractivity contribution in [1.29, 1.82) is 0 Å². The Morgan fingerprint density at radius 2 is 2.00 bits per heavy atom. The number of aliphatic hydroxyl groups is 1. The number of rotatable bonds is 1. The number of nitrogens with one attached hydrogen (secondary N) is 1. The number of urea groups is 1. The van der Waals surface area contributed by atoms with E-state index < -0.39 is 6.10 Å². The molecular weight excluding hydrogens is 263 g/mol. The largest absolute Gasteiger partial charge is 0.391 e. The van der Waals surface area contributed by atoms with Gasteiger partial charge in [0.2, 0.25) is 0 Å². The molecule has 0 bridgehead atoms. The van der Waals surface area contributed by atoms with E-state index in [-0.39, 0.29) is 6.03 Å². The number of β-amino-alcohol motifs (C(OH)–C–C–N with tert-alkyl or cyclic N) is 1. The second-order valence-corrected chi connectivity index (χ2v) is 4.85. The van der Waals surface area contributed by atoms with E-state index in [1.165, 1.54) is 0 Å². The minimum Gasteiger partial charge on any atom is -0.391 e. The first-order valence-electron chi connectivity index (χ1n) is 5.24. The molecule has 1 aromatic carbocycles. The fraction of sp³-hybridized carbons (Fsp3) is 0.364. The van der Waals surface area contributed by atoms with Crippen molar-refractivity contribution in [2.24, 2.45) is 0 Å². The van der Waals surface area contributed by atoms with Crippen molar-refractivity contribution in [2.75, 3.05) is 18.4 Å². The topological polar surface area (TPSA) is 52.6 Å². The second kappa shape index (κ2) is 5.12. The monoisotopic (exact) mass is 274 g/mol. The number of hydrogen-bond donors (Lipinski definition) is 2. The number of nitrogens with zero attached hydrogens (tertiary/aromatic N) is 1. The first-order valence-corrected chi connectivity index (χ1v) is 6.00. The van der Waals surface area contributed by atoms with Crippen LogP contribution < -0.4 is 5.32 Å². The Morgan fingerprint density at radius 3 is 2.53 bits per heavy atom. The molecule has 1 aliphatic rings. The summed E-state index contributed by atoms with van der Waals surface area (Å²) < 4.78 is 0. The number of carbonyl (C=O) groups excluding carboxylic acids is 1. The van der Waals surface area contributed by atoms with Gasteiger partial charge < -0.3 is 15.3 Å². The van der Waals surface area contributed by atoms with E-state index in [9.17, 15) is 9.90 Å². The maximum absolute atomic E-state index is 11.8. The highest BCUT2D eigenvalue weighted by molar-refractivity contribution is 6.35. The van der Waals surface area contributed by atoms with Gasteiger partial charge in [-0.2, -0.15) is 0 Å². The molecular formula is C11H12Cl2N2O2. The van der Waals surface area contributed by atoms with Crippen LogP contribution in [0, 0.1) is 0 Å². The van der Waals surface area contributed by atoms with E-state index in [1.54, 1.807) is 23.1 Å². The summed E-state index contributed by atoms with van der Waals surface area (Å²) in [6.07, 6.45) is 0.188. The summed E-state index contributed by atoms with van der Waals surface area (Å²) in [4.78, 5) is 13.4. The zero-order chi connectivity index (χ0) is 12.4. The quantitative estimate of drug-likeness (QED) is 0.827. The highest BCUT2D eigenvalue weighted by atomic mass is 35.5. The Hall–Kier alpha value is -0.970. The summed E-state index contributed by atoms with van der Waals surface area (Å²) in [7, 11) is 0. The highest BCUT2D eigenvalue weighted by Gasteiger charge is 2.24. The van der Waals surface area contributed by atoms with E-state index in [0.717, 1.165) is 0 Å².